The maximum atomic E-state index is 5.79. The van der Waals surface area contributed by atoms with Crippen molar-refractivity contribution in [2.75, 3.05) is 51.3 Å². The van der Waals surface area contributed by atoms with E-state index in [0.29, 0.717) is 5.92 Å². The number of piperazine rings is 1. The fourth-order valence-corrected chi connectivity index (χ4v) is 5.02. The number of benzene rings is 1. The summed E-state index contributed by atoms with van der Waals surface area (Å²) >= 11 is 0. The van der Waals surface area contributed by atoms with Gasteiger partial charge in [0.05, 0.1) is 12.6 Å². The summed E-state index contributed by atoms with van der Waals surface area (Å²) in [4.78, 5) is 19.8. The van der Waals surface area contributed by atoms with Gasteiger partial charge in [0, 0.05) is 38.3 Å². The zero-order chi connectivity index (χ0) is 20.9. The average Bonchev–Trinajstić information content (AvgIpc) is 3.35. The van der Waals surface area contributed by atoms with E-state index < -0.39 is 0 Å². The van der Waals surface area contributed by atoms with Crippen LogP contribution in [0.5, 0.6) is 0 Å². The number of likely N-dealkylation sites (N-methyl/N-ethyl adjacent to an activating group) is 1. The first-order valence-electron chi connectivity index (χ1n) is 11.6. The Kier molecular flexibility index (Phi) is 5.82. The van der Waals surface area contributed by atoms with E-state index in [1.807, 2.05) is 6.92 Å². The first kappa shape index (κ1) is 21.6. The van der Waals surface area contributed by atoms with Crippen LogP contribution in [0.25, 0.3) is 22.6 Å². The van der Waals surface area contributed by atoms with Crippen molar-refractivity contribution in [2.45, 2.75) is 38.1 Å². The Labute approximate surface area is 195 Å². The van der Waals surface area contributed by atoms with E-state index in [2.05, 4.69) is 45.7 Å². The quantitative estimate of drug-likeness (QED) is 0.597. The molecule has 0 bridgehead atoms. The number of fused-ring (bicyclic) bond motifs is 1. The summed E-state index contributed by atoms with van der Waals surface area (Å²) in [6, 6.07) is 9.07. The van der Waals surface area contributed by atoms with Gasteiger partial charge in [-0.05, 0) is 44.7 Å². The topological polar surface area (TPSA) is 59.3 Å². The number of halogens is 1. The number of nitrogens with zero attached hydrogens (tertiary/aromatic N) is 6. The van der Waals surface area contributed by atoms with Crippen LogP contribution in [-0.4, -0.2) is 70.9 Å². The molecule has 8 heteroatoms. The van der Waals surface area contributed by atoms with Gasteiger partial charge in [-0.2, -0.15) is 0 Å². The summed E-state index contributed by atoms with van der Waals surface area (Å²) < 4.78 is 8.15. The molecule has 1 atom stereocenters. The Balaban J connectivity index is 0.00000216. The Bertz CT molecular complexity index is 1110. The van der Waals surface area contributed by atoms with Gasteiger partial charge in [-0.25, -0.2) is 15.0 Å². The molecule has 6 rings (SSSR count). The minimum absolute atomic E-state index is 0. The molecule has 4 heterocycles. The molecule has 0 unspecified atom stereocenters. The maximum absolute atomic E-state index is 5.79. The van der Waals surface area contributed by atoms with Crippen LogP contribution in [0.4, 0.5) is 5.82 Å². The second-order valence-electron chi connectivity index (χ2n) is 9.24. The zero-order valence-electron chi connectivity index (χ0n) is 18.8. The van der Waals surface area contributed by atoms with Gasteiger partial charge in [-0.3, -0.25) is 0 Å². The van der Waals surface area contributed by atoms with E-state index in [1.54, 1.807) is 0 Å². The number of imidazole rings is 1. The second-order valence-corrected chi connectivity index (χ2v) is 9.24. The number of anilines is 1. The van der Waals surface area contributed by atoms with Crippen LogP contribution in [0.1, 0.15) is 42.6 Å². The van der Waals surface area contributed by atoms with Crippen molar-refractivity contribution in [2.24, 2.45) is 0 Å². The SMILES string of the molecule is Cc1nc(N2CCN(C)CC2)c2nc(-c3ccccc3C3CC3)n([C@H]3CCOC3)c2n1.Cl. The number of hydrogen-bond acceptors (Lipinski definition) is 6. The summed E-state index contributed by atoms with van der Waals surface area (Å²) in [6.45, 7) is 7.53. The van der Waals surface area contributed by atoms with Crippen LogP contribution in [-0.2, 0) is 4.74 Å². The van der Waals surface area contributed by atoms with E-state index in [1.165, 1.54) is 24.0 Å². The molecule has 0 amide bonds. The third-order valence-electron chi connectivity index (χ3n) is 6.93. The number of aromatic nitrogens is 4. The van der Waals surface area contributed by atoms with Crippen LogP contribution in [0.3, 0.4) is 0 Å². The highest BCUT2D eigenvalue weighted by atomic mass is 35.5. The molecule has 1 aromatic carbocycles. The number of aryl methyl sites for hydroxylation is 1. The van der Waals surface area contributed by atoms with Crippen LogP contribution < -0.4 is 4.90 Å². The van der Waals surface area contributed by atoms with E-state index in [0.717, 1.165) is 74.4 Å². The second kappa shape index (κ2) is 8.61. The number of ether oxygens (including phenoxy) is 1. The van der Waals surface area contributed by atoms with Gasteiger partial charge in [0.25, 0.3) is 0 Å². The maximum Gasteiger partial charge on any atom is 0.166 e. The zero-order valence-corrected chi connectivity index (χ0v) is 19.6. The monoisotopic (exact) mass is 454 g/mol. The van der Waals surface area contributed by atoms with Gasteiger partial charge in [0.1, 0.15) is 11.6 Å². The normalized spacial score (nSPS) is 21.8. The van der Waals surface area contributed by atoms with Crippen molar-refractivity contribution in [1.29, 1.82) is 0 Å². The molecule has 2 saturated heterocycles. The predicted molar refractivity (Wildman–Crippen MR) is 129 cm³/mol. The van der Waals surface area contributed by atoms with E-state index in [9.17, 15) is 0 Å². The highest BCUT2D eigenvalue weighted by Gasteiger charge is 2.32. The molecular weight excluding hydrogens is 424 g/mol. The molecule has 3 aliphatic rings. The smallest absolute Gasteiger partial charge is 0.166 e. The molecule has 3 aromatic rings. The molecule has 0 N–H and O–H groups in total. The summed E-state index contributed by atoms with van der Waals surface area (Å²) in [5.41, 5.74) is 4.56. The molecule has 1 aliphatic carbocycles. The predicted octanol–water partition coefficient (Wildman–Crippen LogP) is 3.81. The fourth-order valence-electron chi connectivity index (χ4n) is 5.02. The Hall–Kier alpha value is -2.22. The number of hydrogen-bond donors (Lipinski definition) is 0. The highest BCUT2D eigenvalue weighted by molar-refractivity contribution is 5.88. The van der Waals surface area contributed by atoms with Gasteiger partial charge in [0.15, 0.2) is 17.0 Å². The van der Waals surface area contributed by atoms with Crippen molar-refractivity contribution in [3.8, 4) is 11.4 Å². The lowest BCUT2D eigenvalue weighted by atomic mass is 10.0. The third-order valence-corrected chi connectivity index (χ3v) is 6.93. The highest BCUT2D eigenvalue weighted by Crippen LogP contribution is 2.45. The summed E-state index contributed by atoms with van der Waals surface area (Å²) in [5.74, 6) is 3.49. The molecule has 0 spiro atoms. The minimum atomic E-state index is 0. The summed E-state index contributed by atoms with van der Waals surface area (Å²) in [7, 11) is 2.18. The van der Waals surface area contributed by atoms with Crippen molar-refractivity contribution in [3.05, 3.63) is 35.7 Å². The van der Waals surface area contributed by atoms with Crippen molar-refractivity contribution >= 4 is 29.4 Å². The standard InChI is InChI=1S/C24H30N6O.ClH/c1-16-25-23(29-12-10-28(2)11-13-29)21-24(26-16)30(18-9-14-31-15-18)22(27-21)20-6-4-3-5-19(20)17-7-8-17;/h3-6,17-18H,7-15H2,1-2H3;1H/t18-;/m0./s1. The molecule has 1 saturated carbocycles. The number of rotatable bonds is 4. The summed E-state index contributed by atoms with van der Waals surface area (Å²) in [5, 5.41) is 0. The Morgan fingerprint density at radius 3 is 2.47 bits per heavy atom. The Morgan fingerprint density at radius 2 is 1.75 bits per heavy atom. The molecule has 3 fully saturated rings. The van der Waals surface area contributed by atoms with E-state index in [4.69, 9.17) is 19.7 Å². The van der Waals surface area contributed by atoms with Crippen molar-refractivity contribution in [3.63, 3.8) is 0 Å². The lowest BCUT2D eigenvalue weighted by Crippen LogP contribution is -2.45. The van der Waals surface area contributed by atoms with Crippen LogP contribution in [0.15, 0.2) is 24.3 Å². The first-order valence-corrected chi connectivity index (χ1v) is 11.6. The average molecular weight is 455 g/mol. The van der Waals surface area contributed by atoms with E-state index in [-0.39, 0.29) is 18.4 Å². The van der Waals surface area contributed by atoms with Gasteiger partial charge in [-0.15, -0.1) is 12.4 Å². The first-order chi connectivity index (χ1) is 15.2. The summed E-state index contributed by atoms with van der Waals surface area (Å²) in [6.07, 6.45) is 3.54. The molecular formula is C24H31ClN6O. The molecule has 170 valence electrons. The van der Waals surface area contributed by atoms with Crippen LogP contribution >= 0.6 is 12.4 Å². The van der Waals surface area contributed by atoms with Crippen molar-refractivity contribution < 1.29 is 4.74 Å². The molecule has 32 heavy (non-hydrogen) atoms. The van der Waals surface area contributed by atoms with Crippen molar-refractivity contribution in [1.82, 2.24) is 24.4 Å². The minimum Gasteiger partial charge on any atom is -0.379 e. The molecule has 2 aromatic heterocycles. The van der Waals surface area contributed by atoms with Crippen LogP contribution in [0.2, 0.25) is 0 Å². The third kappa shape index (κ3) is 3.76. The van der Waals surface area contributed by atoms with Gasteiger partial charge in [0.2, 0.25) is 0 Å². The van der Waals surface area contributed by atoms with E-state index >= 15 is 0 Å². The fraction of sp³-hybridized carbons (Fsp3) is 0.542. The molecule has 0 radical (unpaired) electrons. The molecule has 7 nitrogen and oxygen atoms in total. The lowest BCUT2D eigenvalue weighted by molar-refractivity contribution is 0.187. The lowest BCUT2D eigenvalue weighted by Gasteiger charge is -2.33. The molecule has 2 aliphatic heterocycles. The largest absolute Gasteiger partial charge is 0.379 e. The van der Waals surface area contributed by atoms with Crippen LogP contribution in [0, 0.1) is 6.92 Å². The van der Waals surface area contributed by atoms with Gasteiger partial charge in [-0.1, -0.05) is 24.3 Å². The Morgan fingerprint density at radius 1 is 0.969 bits per heavy atom. The van der Waals surface area contributed by atoms with Gasteiger partial charge >= 0.3 is 0 Å². The van der Waals surface area contributed by atoms with Gasteiger partial charge < -0.3 is 19.1 Å².